The van der Waals surface area contributed by atoms with Gasteiger partial charge in [-0.15, -0.1) is 0 Å². The Bertz CT molecular complexity index is 900. The fourth-order valence-electron chi connectivity index (χ4n) is 2.73. The van der Waals surface area contributed by atoms with Crippen LogP contribution in [0.5, 0.6) is 0 Å². The van der Waals surface area contributed by atoms with E-state index in [9.17, 15) is 13.2 Å². The third-order valence-electron chi connectivity index (χ3n) is 3.89. The van der Waals surface area contributed by atoms with Crippen molar-refractivity contribution in [1.82, 2.24) is 9.55 Å². The average molecular weight is 335 g/mol. The highest BCUT2D eigenvalue weighted by Crippen LogP contribution is 2.39. The number of methoxy groups -OCH3 is 1. The molecule has 2 aromatic carbocycles. The Labute approximate surface area is 136 Å². The first-order valence-corrected chi connectivity index (χ1v) is 7.22. The molecule has 0 saturated carbocycles. The molecule has 24 heavy (non-hydrogen) atoms. The van der Waals surface area contributed by atoms with Crippen molar-refractivity contribution < 1.29 is 17.9 Å². The van der Waals surface area contributed by atoms with Crippen LogP contribution in [-0.4, -0.2) is 16.7 Å². The van der Waals surface area contributed by atoms with E-state index in [1.54, 1.807) is 29.8 Å². The molecule has 3 rings (SSSR count). The van der Waals surface area contributed by atoms with E-state index < -0.39 is 11.7 Å². The summed E-state index contributed by atoms with van der Waals surface area (Å²) in [5, 5.41) is 0. The fraction of sp³-hybridized carbons (Fsp3) is 0.235. The van der Waals surface area contributed by atoms with Crippen LogP contribution in [-0.2, 0) is 24.6 Å². The van der Waals surface area contributed by atoms with Gasteiger partial charge in [-0.2, -0.15) is 13.2 Å². The smallest absolute Gasteiger partial charge is 0.399 e. The van der Waals surface area contributed by atoms with Gasteiger partial charge in [0, 0.05) is 19.8 Å². The Hall–Kier alpha value is -2.54. The van der Waals surface area contributed by atoms with Gasteiger partial charge >= 0.3 is 6.18 Å². The van der Waals surface area contributed by atoms with Crippen molar-refractivity contribution in [2.24, 2.45) is 7.05 Å². The second kappa shape index (κ2) is 5.83. The third kappa shape index (κ3) is 2.82. The number of halogens is 3. The van der Waals surface area contributed by atoms with Gasteiger partial charge in [-0.05, 0) is 35.4 Å². The molecule has 1 aromatic heterocycles. The number of aromatic nitrogens is 2. The molecule has 2 N–H and O–H groups in total. The van der Waals surface area contributed by atoms with Gasteiger partial charge in [-0.1, -0.05) is 12.1 Å². The minimum atomic E-state index is -4.49. The van der Waals surface area contributed by atoms with Gasteiger partial charge in [-0.3, -0.25) is 0 Å². The maximum Gasteiger partial charge on any atom is 0.417 e. The molecule has 7 heteroatoms. The molecule has 0 spiro atoms. The molecular formula is C17H16F3N3O. The molecule has 0 aliphatic rings. The summed E-state index contributed by atoms with van der Waals surface area (Å²) in [5.74, 6) is 0.561. The normalized spacial score (nSPS) is 12.0. The largest absolute Gasteiger partial charge is 0.417 e. The second-order valence-corrected chi connectivity index (χ2v) is 5.53. The molecule has 4 nitrogen and oxygen atoms in total. The number of nitrogens with two attached hydrogens (primary N) is 1. The van der Waals surface area contributed by atoms with E-state index in [1.165, 1.54) is 19.2 Å². The van der Waals surface area contributed by atoms with Crippen LogP contribution in [0.15, 0.2) is 36.4 Å². The predicted molar refractivity (Wildman–Crippen MR) is 86.3 cm³/mol. The minimum Gasteiger partial charge on any atom is -0.399 e. The average Bonchev–Trinajstić information content (AvgIpc) is 2.82. The van der Waals surface area contributed by atoms with Crippen LogP contribution >= 0.6 is 0 Å². The van der Waals surface area contributed by atoms with Gasteiger partial charge in [0.2, 0.25) is 0 Å². The van der Waals surface area contributed by atoms with E-state index in [1.807, 2.05) is 0 Å². The van der Waals surface area contributed by atoms with Gasteiger partial charge < -0.3 is 15.0 Å². The van der Waals surface area contributed by atoms with Crippen LogP contribution in [0.4, 0.5) is 18.9 Å². The lowest BCUT2D eigenvalue weighted by Crippen LogP contribution is -2.08. The monoisotopic (exact) mass is 335 g/mol. The number of benzene rings is 2. The summed E-state index contributed by atoms with van der Waals surface area (Å²) in [6.07, 6.45) is -4.49. The van der Waals surface area contributed by atoms with Gasteiger partial charge in [0.05, 0.1) is 16.6 Å². The number of rotatable bonds is 3. The molecule has 0 saturated heterocycles. The van der Waals surface area contributed by atoms with Crippen molar-refractivity contribution in [3.63, 3.8) is 0 Å². The van der Waals surface area contributed by atoms with E-state index >= 15 is 0 Å². The van der Waals surface area contributed by atoms with Crippen LogP contribution in [0.2, 0.25) is 0 Å². The van der Waals surface area contributed by atoms with E-state index in [0.717, 1.165) is 6.07 Å². The minimum absolute atomic E-state index is 0.0596. The zero-order valence-corrected chi connectivity index (χ0v) is 13.2. The Morgan fingerprint density at radius 2 is 1.96 bits per heavy atom. The molecule has 0 radical (unpaired) electrons. The van der Waals surface area contributed by atoms with Crippen molar-refractivity contribution in [1.29, 1.82) is 0 Å². The SMILES string of the molecule is COCc1nc2cc(-c3cccc(N)c3)c(C(F)(F)F)cc2n1C. The standard InChI is InChI=1S/C17H16F3N3O/c1-23-15-8-13(17(18,19)20)12(10-4-3-5-11(21)6-10)7-14(15)22-16(23)9-24-2/h3-8H,9,21H2,1-2H3. The Balaban J connectivity index is 2.30. The predicted octanol–water partition coefficient (Wildman–Crippen LogP) is 3.99. The summed E-state index contributed by atoms with van der Waals surface area (Å²) in [6, 6.07) is 8.96. The van der Waals surface area contributed by atoms with Gasteiger partial charge in [0.15, 0.2) is 0 Å². The van der Waals surface area contributed by atoms with Crippen LogP contribution in [0.3, 0.4) is 0 Å². The summed E-state index contributed by atoms with van der Waals surface area (Å²) < 4.78 is 47.3. The maximum absolute atomic E-state index is 13.6. The zero-order chi connectivity index (χ0) is 17.5. The first-order valence-electron chi connectivity index (χ1n) is 7.22. The maximum atomic E-state index is 13.6. The van der Waals surface area contributed by atoms with Crippen molar-refractivity contribution in [3.8, 4) is 11.1 Å². The highest BCUT2D eigenvalue weighted by Gasteiger charge is 2.34. The van der Waals surface area contributed by atoms with Gasteiger partial charge in [-0.25, -0.2) is 4.98 Å². The molecule has 126 valence electrons. The van der Waals surface area contributed by atoms with Crippen molar-refractivity contribution >= 4 is 16.7 Å². The number of imidazole rings is 1. The summed E-state index contributed by atoms with van der Waals surface area (Å²) in [5.41, 5.74) is 6.76. The summed E-state index contributed by atoms with van der Waals surface area (Å²) in [6.45, 7) is 0.222. The van der Waals surface area contributed by atoms with Crippen LogP contribution in [0, 0.1) is 0 Å². The molecule has 0 amide bonds. The highest BCUT2D eigenvalue weighted by atomic mass is 19.4. The van der Waals surface area contributed by atoms with Gasteiger partial charge in [0.25, 0.3) is 0 Å². The quantitative estimate of drug-likeness (QED) is 0.737. The molecule has 0 unspecified atom stereocenters. The summed E-state index contributed by atoms with van der Waals surface area (Å²) >= 11 is 0. The van der Waals surface area contributed by atoms with Crippen LogP contribution < -0.4 is 5.73 Å². The van der Waals surface area contributed by atoms with Crippen molar-refractivity contribution in [3.05, 3.63) is 47.8 Å². The van der Waals surface area contributed by atoms with E-state index in [0.29, 0.717) is 28.1 Å². The topological polar surface area (TPSA) is 53.1 Å². The summed E-state index contributed by atoms with van der Waals surface area (Å²) in [4.78, 5) is 4.37. The number of fused-ring (bicyclic) bond motifs is 1. The Morgan fingerprint density at radius 3 is 2.58 bits per heavy atom. The number of ether oxygens (including phenoxy) is 1. The lowest BCUT2D eigenvalue weighted by Gasteiger charge is -2.14. The molecule has 3 aromatic rings. The number of nitrogens with zero attached hydrogens (tertiary/aromatic N) is 2. The first-order chi connectivity index (χ1) is 11.3. The molecule has 0 fully saturated rings. The number of anilines is 1. The third-order valence-corrected chi connectivity index (χ3v) is 3.89. The summed E-state index contributed by atoms with van der Waals surface area (Å²) in [7, 11) is 3.18. The number of aryl methyl sites for hydroxylation is 1. The van der Waals surface area contributed by atoms with E-state index in [-0.39, 0.29) is 12.2 Å². The fourth-order valence-corrected chi connectivity index (χ4v) is 2.73. The lowest BCUT2D eigenvalue weighted by molar-refractivity contribution is -0.137. The molecule has 0 atom stereocenters. The van der Waals surface area contributed by atoms with E-state index in [2.05, 4.69) is 4.98 Å². The van der Waals surface area contributed by atoms with Crippen LogP contribution in [0.1, 0.15) is 11.4 Å². The number of nitrogen functional groups attached to an aromatic ring is 1. The lowest BCUT2D eigenvalue weighted by atomic mass is 9.98. The van der Waals surface area contributed by atoms with Crippen LogP contribution in [0.25, 0.3) is 22.2 Å². The second-order valence-electron chi connectivity index (χ2n) is 5.53. The highest BCUT2D eigenvalue weighted by molar-refractivity contribution is 5.86. The van der Waals surface area contributed by atoms with Crippen molar-refractivity contribution in [2.45, 2.75) is 12.8 Å². The zero-order valence-electron chi connectivity index (χ0n) is 13.2. The number of alkyl halides is 3. The van der Waals surface area contributed by atoms with Gasteiger partial charge in [0.1, 0.15) is 12.4 Å². The molecule has 0 bridgehead atoms. The molecule has 1 heterocycles. The Kier molecular flexibility index (Phi) is 3.96. The Morgan fingerprint density at radius 1 is 1.21 bits per heavy atom. The molecule has 0 aliphatic heterocycles. The number of hydrogen-bond donors (Lipinski definition) is 1. The number of hydrogen-bond acceptors (Lipinski definition) is 3. The molecular weight excluding hydrogens is 319 g/mol. The molecule has 0 aliphatic carbocycles. The first kappa shape index (κ1) is 16.3. The van der Waals surface area contributed by atoms with Crippen molar-refractivity contribution in [2.75, 3.05) is 12.8 Å². The van der Waals surface area contributed by atoms with E-state index in [4.69, 9.17) is 10.5 Å².